The SMILES string of the molecule is CC/C=C\C/C=C\C/C=C\C/C=C\C/C=C\C/C=C\C/C=C\C/C=C\C/C=C\C/C=C\C/C=C\C/C=C\CCCCCCC(=O)OC(COC(=O)CCCCCCCCCCCCCC)COC(OCC[N+](C)(C)C)C(=O)O. The number of carbonyl (C=O) groups is 3. The minimum absolute atomic E-state index is 0.176. The van der Waals surface area contributed by atoms with Crippen molar-refractivity contribution in [3.8, 4) is 0 Å². The molecule has 0 saturated carbocycles. The molecule has 0 aromatic heterocycles. The maximum atomic E-state index is 12.9. The van der Waals surface area contributed by atoms with E-state index in [0.29, 0.717) is 23.9 Å². The molecule has 0 rings (SSSR count). The van der Waals surface area contributed by atoms with Gasteiger partial charge in [-0.15, -0.1) is 0 Å². The number of hydrogen-bond acceptors (Lipinski definition) is 7. The van der Waals surface area contributed by atoms with Gasteiger partial charge in [0.05, 0.1) is 34.4 Å². The Bertz CT molecular complexity index is 1780. The van der Waals surface area contributed by atoms with Gasteiger partial charge in [-0.1, -0.05) is 243 Å². The van der Waals surface area contributed by atoms with Crippen LogP contribution in [0.25, 0.3) is 0 Å². The van der Waals surface area contributed by atoms with Crippen molar-refractivity contribution < 1.29 is 42.9 Å². The summed E-state index contributed by atoms with van der Waals surface area (Å²) in [5, 5.41) is 9.68. The van der Waals surface area contributed by atoms with E-state index < -0.39 is 24.3 Å². The molecule has 0 aromatic rings. The zero-order chi connectivity index (χ0) is 56.9. The largest absolute Gasteiger partial charge is 0.477 e. The second-order valence-corrected chi connectivity index (χ2v) is 20.9. The zero-order valence-corrected chi connectivity index (χ0v) is 50.0. The minimum atomic E-state index is -1.52. The van der Waals surface area contributed by atoms with Crippen molar-refractivity contribution in [1.82, 2.24) is 0 Å². The molecule has 0 aliphatic rings. The summed E-state index contributed by atoms with van der Waals surface area (Å²) in [5.41, 5.74) is 0. The Kier molecular flexibility index (Phi) is 54.7. The highest BCUT2D eigenvalue weighted by molar-refractivity contribution is 5.71. The summed E-state index contributed by atoms with van der Waals surface area (Å²) in [7, 11) is 5.94. The summed E-state index contributed by atoms with van der Waals surface area (Å²) >= 11 is 0. The standard InChI is InChI=1S/C69H111NO8/c1-6-8-10-12-14-16-18-20-21-22-23-24-25-26-27-28-29-30-31-32-33-34-35-36-37-38-39-40-41-42-43-44-45-46-47-48-50-52-54-56-58-60-67(72)78-65(64-77-69(68(73)74)75-62-61-70(3,4)5)63-76-66(71)59-57-55-53-51-49-19-17-15-13-11-9-7-2/h8,10,14,16,20-21,23-24,26-27,29-30,32-33,35-36,38-39,41-42,44-45,47-48,65,69H,6-7,9,11-13,15,17-19,22,25,28,31,34,37,40,43,46,49-64H2,1-5H3/p+1/b10-8-,16-14-,21-20-,24-23-,27-26-,30-29-,33-32-,36-35-,39-38-,42-41-,45-44-,48-47-. The van der Waals surface area contributed by atoms with Crippen LogP contribution in [0.2, 0.25) is 0 Å². The van der Waals surface area contributed by atoms with E-state index in [1.165, 1.54) is 57.8 Å². The molecule has 0 saturated heterocycles. The first-order valence-electron chi connectivity index (χ1n) is 30.5. The molecule has 0 fully saturated rings. The molecular formula is C69H112NO8+. The number of ether oxygens (including phenoxy) is 4. The predicted molar refractivity (Wildman–Crippen MR) is 331 cm³/mol. The van der Waals surface area contributed by atoms with Gasteiger partial charge in [0.15, 0.2) is 6.10 Å². The monoisotopic (exact) mass is 1080 g/mol. The Hall–Kier alpha value is -4.83. The lowest BCUT2D eigenvalue weighted by molar-refractivity contribution is -0.870. The van der Waals surface area contributed by atoms with E-state index in [9.17, 15) is 19.5 Å². The number of esters is 2. The number of carboxylic acids is 1. The predicted octanol–water partition coefficient (Wildman–Crippen LogP) is 18.4. The van der Waals surface area contributed by atoms with Crippen LogP contribution in [0, 0.1) is 0 Å². The first kappa shape index (κ1) is 73.2. The molecule has 0 heterocycles. The van der Waals surface area contributed by atoms with E-state index >= 15 is 0 Å². The Morgan fingerprint density at radius 2 is 0.731 bits per heavy atom. The maximum Gasteiger partial charge on any atom is 0.361 e. The van der Waals surface area contributed by atoms with E-state index in [0.717, 1.165) is 122 Å². The molecule has 0 bridgehead atoms. The number of aliphatic carboxylic acids is 1. The number of hydrogen-bond donors (Lipinski definition) is 1. The first-order chi connectivity index (χ1) is 38.1. The van der Waals surface area contributed by atoms with Gasteiger partial charge in [0.1, 0.15) is 13.2 Å². The van der Waals surface area contributed by atoms with Crippen LogP contribution in [-0.4, -0.2) is 87.4 Å². The Morgan fingerprint density at radius 1 is 0.397 bits per heavy atom. The Labute approximate surface area is 477 Å². The molecule has 0 aliphatic heterocycles. The molecule has 0 aliphatic carbocycles. The van der Waals surface area contributed by atoms with Gasteiger partial charge < -0.3 is 28.5 Å². The number of rotatable bonds is 54. The van der Waals surface area contributed by atoms with Crippen molar-refractivity contribution in [2.75, 3.05) is 47.5 Å². The van der Waals surface area contributed by atoms with E-state index in [-0.39, 0.29) is 32.2 Å². The van der Waals surface area contributed by atoms with Gasteiger partial charge in [-0.05, 0) is 103 Å². The number of unbranched alkanes of at least 4 members (excludes halogenated alkanes) is 15. The molecule has 0 radical (unpaired) electrons. The van der Waals surface area contributed by atoms with Gasteiger partial charge in [0.2, 0.25) is 0 Å². The highest BCUT2D eigenvalue weighted by Crippen LogP contribution is 2.14. The van der Waals surface area contributed by atoms with Crippen molar-refractivity contribution in [2.24, 2.45) is 0 Å². The van der Waals surface area contributed by atoms with Gasteiger partial charge >= 0.3 is 17.9 Å². The first-order valence-corrected chi connectivity index (χ1v) is 30.5. The van der Waals surface area contributed by atoms with Crippen LogP contribution >= 0.6 is 0 Å². The van der Waals surface area contributed by atoms with Crippen LogP contribution in [-0.2, 0) is 33.3 Å². The van der Waals surface area contributed by atoms with E-state index in [1.807, 2.05) is 21.1 Å². The van der Waals surface area contributed by atoms with Gasteiger partial charge in [-0.2, -0.15) is 0 Å². The van der Waals surface area contributed by atoms with Crippen molar-refractivity contribution in [1.29, 1.82) is 0 Å². The lowest BCUT2D eigenvalue weighted by Gasteiger charge is -2.25. The molecule has 2 atom stereocenters. The fourth-order valence-corrected chi connectivity index (χ4v) is 7.70. The van der Waals surface area contributed by atoms with Gasteiger partial charge in [0.25, 0.3) is 6.29 Å². The third kappa shape index (κ3) is 58.8. The normalized spacial score (nSPS) is 13.8. The number of likely N-dealkylation sites (N-methyl/N-ethyl adjacent to an activating group) is 1. The summed E-state index contributed by atoms with van der Waals surface area (Å²) < 4.78 is 22.8. The van der Waals surface area contributed by atoms with E-state index in [4.69, 9.17) is 18.9 Å². The third-order valence-electron chi connectivity index (χ3n) is 12.4. The molecule has 0 spiro atoms. The summed E-state index contributed by atoms with van der Waals surface area (Å²) in [6.45, 7) is 4.70. The van der Waals surface area contributed by atoms with Crippen LogP contribution in [0.5, 0.6) is 0 Å². The number of carbonyl (C=O) groups excluding carboxylic acids is 2. The molecule has 0 aromatic carbocycles. The average molecular weight is 1080 g/mol. The summed E-state index contributed by atoms with van der Waals surface area (Å²) in [6, 6.07) is 0. The van der Waals surface area contributed by atoms with E-state index in [1.54, 1.807) is 0 Å². The highest BCUT2D eigenvalue weighted by Gasteiger charge is 2.25. The zero-order valence-electron chi connectivity index (χ0n) is 50.0. The summed E-state index contributed by atoms with van der Waals surface area (Å²) in [4.78, 5) is 37.3. The molecular weight excluding hydrogens is 971 g/mol. The number of carboxylic acid groups (broad SMARTS) is 1. The van der Waals surface area contributed by atoms with Crippen molar-refractivity contribution in [2.45, 2.75) is 225 Å². The molecule has 9 heteroatoms. The molecule has 1 N–H and O–H groups in total. The fraction of sp³-hybridized carbons (Fsp3) is 0.609. The molecule has 78 heavy (non-hydrogen) atoms. The number of allylic oxidation sites excluding steroid dienone is 24. The smallest absolute Gasteiger partial charge is 0.361 e. The van der Waals surface area contributed by atoms with Crippen LogP contribution in [0.1, 0.15) is 213 Å². The van der Waals surface area contributed by atoms with Crippen LogP contribution < -0.4 is 0 Å². The lowest BCUT2D eigenvalue weighted by atomic mass is 10.0. The van der Waals surface area contributed by atoms with Crippen LogP contribution in [0.3, 0.4) is 0 Å². The minimum Gasteiger partial charge on any atom is -0.477 e. The average Bonchev–Trinajstić information content (AvgIpc) is 3.41. The maximum absolute atomic E-state index is 12.9. The fourth-order valence-electron chi connectivity index (χ4n) is 7.70. The van der Waals surface area contributed by atoms with Crippen LogP contribution in [0.15, 0.2) is 146 Å². The molecule has 440 valence electrons. The second kappa shape index (κ2) is 58.3. The molecule has 0 amide bonds. The number of quaternary nitrogens is 1. The van der Waals surface area contributed by atoms with Gasteiger partial charge in [0, 0.05) is 12.8 Å². The topological polar surface area (TPSA) is 108 Å². The summed E-state index contributed by atoms with van der Waals surface area (Å²) in [6.07, 6.45) is 82.3. The lowest BCUT2D eigenvalue weighted by Crippen LogP contribution is -2.40. The Balaban J connectivity index is 4.22. The highest BCUT2D eigenvalue weighted by atomic mass is 16.7. The molecule has 9 nitrogen and oxygen atoms in total. The van der Waals surface area contributed by atoms with Gasteiger partial charge in [-0.3, -0.25) is 9.59 Å². The van der Waals surface area contributed by atoms with Crippen molar-refractivity contribution >= 4 is 17.9 Å². The van der Waals surface area contributed by atoms with Crippen LogP contribution in [0.4, 0.5) is 0 Å². The van der Waals surface area contributed by atoms with E-state index in [2.05, 4.69) is 160 Å². The second-order valence-electron chi connectivity index (χ2n) is 20.9. The molecule has 2 unspecified atom stereocenters. The van der Waals surface area contributed by atoms with Gasteiger partial charge in [-0.25, -0.2) is 4.79 Å². The summed E-state index contributed by atoms with van der Waals surface area (Å²) in [5.74, 6) is -2.05. The van der Waals surface area contributed by atoms with Crippen molar-refractivity contribution in [3.63, 3.8) is 0 Å². The third-order valence-corrected chi connectivity index (χ3v) is 12.4. The Morgan fingerprint density at radius 3 is 1.09 bits per heavy atom. The quantitative estimate of drug-likeness (QED) is 0.0211. The number of nitrogens with zero attached hydrogens (tertiary/aromatic N) is 1. The van der Waals surface area contributed by atoms with Crippen molar-refractivity contribution in [3.05, 3.63) is 146 Å².